The van der Waals surface area contributed by atoms with Crippen molar-refractivity contribution in [2.24, 2.45) is 0 Å². The van der Waals surface area contributed by atoms with Gasteiger partial charge in [0.15, 0.2) is 0 Å². The number of amides is 1. The quantitative estimate of drug-likeness (QED) is 0.755. The number of hydrogen-bond donors (Lipinski definition) is 1. The van der Waals surface area contributed by atoms with Gasteiger partial charge in [0, 0.05) is 19.1 Å². The van der Waals surface area contributed by atoms with Gasteiger partial charge in [-0.1, -0.05) is 13.3 Å². The second-order valence-corrected chi connectivity index (χ2v) is 5.35. The average molecular weight is 256 g/mol. The maximum atomic E-state index is 12.1. The van der Waals surface area contributed by atoms with Crippen molar-refractivity contribution in [3.05, 3.63) is 0 Å². The zero-order valence-corrected chi connectivity index (χ0v) is 12.1. The van der Waals surface area contributed by atoms with Gasteiger partial charge in [-0.05, 0) is 39.7 Å². The SMILES string of the molecule is CCCN(CC1CCCCN1)C(=O)COC(C)C. The largest absolute Gasteiger partial charge is 0.369 e. The second-order valence-electron chi connectivity index (χ2n) is 5.35. The summed E-state index contributed by atoms with van der Waals surface area (Å²) in [6.45, 7) is 8.98. The smallest absolute Gasteiger partial charge is 0.248 e. The van der Waals surface area contributed by atoms with Gasteiger partial charge in [0.05, 0.1) is 6.10 Å². The lowest BCUT2D eigenvalue weighted by Gasteiger charge is -2.30. The van der Waals surface area contributed by atoms with Crippen LogP contribution >= 0.6 is 0 Å². The van der Waals surface area contributed by atoms with Gasteiger partial charge in [-0.15, -0.1) is 0 Å². The molecule has 1 atom stereocenters. The Morgan fingerprint density at radius 1 is 1.44 bits per heavy atom. The normalized spacial score (nSPS) is 20.1. The van der Waals surface area contributed by atoms with E-state index in [9.17, 15) is 4.79 Å². The molecule has 4 nitrogen and oxygen atoms in total. The van der Waals surface area contributed by atoms with E-state index in [1.165, 1.54) is 19.3 Å². The molecule has 0 radical (unpaired) electrons. The maximum absolute atomic E-state index is 12.1. The summed E-state index contributed by atoms with van der Waals surface area (Å²) in [6.07, 6.45) is 4.83. The standard InChI is InChI=1S/C14H28N2O2/c1-4-9-16(14(17)11-18-12(2)3)10-13-7-5-6-8-15-13/h12-13,15H,4-11H2,1-3H3. The molecule has 1 aliphatic heterocycles. The fraction of sp³-hybridized carbons (Fsp3) is 0.929. The topological polar surface area (TPSA) is 41.6 Å². The van der Waals surface area contributed by atoms with Crippen LogP contribution in [0.5, 0.6) is 0 Å². The number of piperidine rings is 1. The molecule has 0 aromatic heterocycles. The number of hydrogen-bond acceptors (Lipinski definition) is 3. The summed E-state index contributed by atoms with van der Waals surface area (Å²) in [6, 6.07) is 0.466. The molecule has 0 saturated carbocycles. The summed E-state index contributed by atoms with van der Waals surface area (Å²) in [5.41, 5.74) is 0. The molecular formula is C14H28N2O2. The van der Waals surface area contributed by atoms with E-state index >= 15 is 0 Å². The van der Waals surface area contributed by atoms with E-state index in [0.29, 0.717) is 6.04 Å². The van der Waals surface area contributed by atoms with Gasteiger partial charge >= 0.3 is 0 Å². The third-order valence-corrected chi connectivity index (χ3v) is 3.24. The lowest BCUT2D eigenvalue weighted by molar-refractivity contribution is -0.138. The first-order valence-corrected chi connectivity index (χ1v) is 7.26. The zero-order chi connectivity index (χ0) is 13.4. The molecule has 0 bridgehead atoms. The van der Waals surface area contributed by atoms with E-state index in [2.05, 4.69) is 12.2 Å². The van der Waals surface area contributed by atoms with Crippen LogP contribution in [0, 0.1) is 0 Å². The van der Waals surface area contributed by atoms with Crippen LogP contribution in [0.3, 0.4) is 0 Å². The Morgan fingerprint density at radius 3 is 2.78 bits per heavy atom. The van der Waals surface area contributed by atoms with Gasteiger partial charge in [-0.2, -0.15) is 0 Å². The number of ether oxygens (including phenoxy) is 1. The number of rotatable bonds is 7. The van der Waals surface area contributed by atoms with Crippen LogP contribution in [-0.2, 0) is 9.53 Å². The minimum absolute atomic E-state index is 0.116. The van der Waals surface area contributed by atoms with Crippen molar-refractivity contribution in [2.75, 3.05) is 26.2 Å². The zero-order valence-electron chi connectivity index (χ0n) is 12.1. The highest BCUT2D eigenvalue weighted by Crippen LogP contribution is 2.09. The van der Waals surface area contributed by atoms with Crippen LogP contribution in [0.25, 0.3) is 0 Å². The molecule has 0 spiro atoms. The molecule has 0 aliphatic carbocycles. The summed E-state index contributed by atoms with van der Waals surface area (Å²) in [7, 11) is 0. The predicted molar refractivity (Wildman–Crippen MR) is 73.6 cm³/mol. The molecule has 1 aliphatic rings. The van der Waals surface area contributed by atoms with Crippen LogP contribution in [0.1, 0.15) is 46.5 Å². The highest BCUT2D eigenvalue weighted by atomic mass is 16.5. The van der Waals surface area contributed by atoms with E-state index in [0.717, 1.165) is 26.1 Å². The Bertz CT molecular complexity index is 238. The third kappa shape index (κ3) is 5.83. The van der Waals surface area contributed by atoms with Gasteiger partial charge in [-0.25, -0.2) is 0 Å². The van der Waals surface area contributed by atoms with Crippen LogP contribution in [0.4, 0.5) is 0 Å². The van der Waals surface area contributed by atoms with Gasteiger partial charge in [0.25, 0.3) is 0 Å². The van der Waals surface area contributed by atoms with Crippen molar-refractivity contribution in [3.8, 4) is 0 Å². The molecule has 1 rings (SSSR count). The van der Waals surface area contributed by atoms with Crippen molar-refractivity contribution in [3.63, 3.8) is 0 Å². The van der Waals surface area contributed by atoms with Gasteiger partial charge in [0.1, 0.15) is 6.61 Å². The Morgan fingerprint density at radius 2 is 2.22 bits per heavy atom. The van der Waals surface area contributed by atoms with Gasteiger partial charge < -0.3 is 15.0 Å². The fourth-order valence-electron chi connectivity index (χ4n) is 2.26. The summed E-state index contributed by atoms with van der Waals surface area (Å²) in [4.78, 5) is 14.0. The first kappa shape index (κ1) is 15.4. The monoisotopic (exact) mass is 256 g/mol. The summed E-state index contributed by atoms with van der Waals surface area (Å²) in [5, 5.41) is 3.49. The minimum atomic E-state index is 0.116. The highest BCUT2D eigenvalue weighted by Gasteiger charge is 2.20. The van der Waals surface area contributed by atoms with Gasteiger partial charge in [0.2, 0.25) is 5.91 Å². The lowest BCUT2D eigenvalue weighted by atomic mass is 10.0. The van der Waals surface area contributed by atoms with Crippen LogP contribution < -0.4 is 5.32 Å². The first-order chi connectivity index (χ1) is 8.63. The molecule has 1 heterocycles. The lowest BCUT2D eigenvalue weighted by Crippen LogP contribution is -2.47. The molecule has 1 saturated heterocycles. The summed E-state index contributed by atoms with van der Waals surface area (Å²) in [5.74, 6) is 0.123. The van der Waals surface area contributed by atoms with E-state index in [4.69, 9.17) is 4.74 Å². The number of nitrogens with one attached hydrogen (secondary N) is 1. The number of nitrogens with zero attached hydrogens (tertiary/aromatic N) is 1. The van der Waals surface area contributed by atoms with Crippen molar-refractivity contribution < 1.29 is 9.53 Å². The third-order valence-electron chi connectivity index (χ3n) is 3.24. The van der Waals surface area contributed by atoms with Crippen molar-refractivity contribution >= 4 is 5.91 Å². The molecule has 0 aromatic rings. The van der Waals surface area contributed by atoms with E-state index < -0.39 is 0 Å². The Hall–Kier alpha value is -0.610. The first-order valence-electron chi connectivity index (χ1n) is 7.26. The Kier molecular flexibility index (Phi) is 7.28. The molecule has 1 unspecified atom stereocenters. The molecule has 0 aromatic carbocycles. The second kappa shape index (κ2) is 8.48. The highest BCUT2D eigenvalue weighted by molar-refractivity contribution is 5.77. The molecule has 106 valence electrons. The molecule has 1 fully saturated rings. The van der Waals surface area contributed by atoms with Gasteiger partial charge in [-0.3, -0.25) is 4.79 Å². The Balaban J connectivity index is 2.39. The average Bonchev–Trinajstić information content (AvgIpc) is 2.36. The van der Waals surface area contributed by atoms with Crippen molar-refractivity contribution in [2.45, 2.75) is 58.6 Å². The number of carbonyl (C=O) groups excluding carboxylic acids is 1. The summed E-state index contributed by atoms with van der Waals surface area (Å²) >= 11 is 0. The molecule has 4 heteroatoms. The fourth-order valence-corrected chi connectivity index (χ4v) is 2.26. The molecule has 18 heavy (non-hydrogen) atoms. The molecule has 1 amide bonds. The molecule has 1 N–H and O–H groups in total. The van der Waals surface area contributed by atoms with E-state index in [1.54, 1.807) is 0 Å². The maximum Gasteiger partial charge on any atom is 0.248 e. The van der Waals surface area contributed by atoms with Crippen molar-refractivity contribution in [1.29, 1.82) is 0 Å². The summed E-state index contributed by atoms with van der Waals surface area (Å²) < 4.78 is 5.41. The minimum Gasteiger partial charge on any atom is -0.369 e. The van der Waals surface area contributed by atoms with E-state index in [-0.39, 0.29) is 18.6 Å². The predicted octanol–water partition coefficient (Wildman–Crippen LogP) is 1.79. The van der Waals surface area contributed by atoms with Crippen LogP contribution in [0.15, 0.2) is 0 Å². The molecular weight excluding hydrogens is 228 g/mol. The van der Waals surface area contributed by atoms with Crippen LogP contribution in [-0.4, -0.2) is 49.2 Å². The van der Waals surface area contributed by atoms with Crippen molar-refractivity contribution in [1.82, 2.24) is 10.2 Å². The van der Waals surface area contributed by atoms with Crippen LogP contribution in [0.2, 0.25) is 0 Å². The van der Waals surface area contributed by atoms with E-state index in [1.807, 2.05) is 18.7 Å². The number of carbonyl (C=O) groups is 1. The Labute approximate surface area is 111 Å².